The molecule has 0 aliphatic carbocycles. The molecule has 0 saturated carbocycles. The van der Waals surface area contributed by atoms with Crippen LogP contribution >= 0.6 is 0 Å². The maximum absolute atomic E-state index is 14.3. The lowest BCUT2D eigenvalue weighted by Gasteiger charge is -2.12. The van der Waals surface area contributed by atoms with Crippen molar-refractivity contribution in [2.24, 2.45) is 10.7 Å². The first-order valence-electron chi connectivity index (χ1n) is 9.43. The molecule has 0 aliphatic heterocycles. The van der Waals surface area contributed by atoms with Gasteiger partial charge in [-0.2, -0.15) is 4.98 Å². The number of allylic oxidation sites excluding steroid dienone is 1. The van der Waals surface area contributed by atoms with Crippen molar-refractivity contribution in [2.75, 3.05) is 30.9 Å². The maximum Gasteiger partial charge on any atom is 0.229 e. The Balaban J connectivity index is 2.06. The third-order valence-electron chi connectivity index (χ3n) is 3.88. The molecule has 0 bridgehead atoms. The van der Waals surface area contributed by atoms with E-state index in [9.17, 15) is 13.2 Å². The van der Waals surface area contributed by atoms with Crippen LogP contribution in [0.2, 0.25) is 0 Å². The van der Waals surface area contributed by atoms with Crippen LogP contribution in [-0.2, 0) is 11.3 Å². The highest BCUT2D eigenvalue weighted by molar-refractivity contribution is 5.82. The second-order valence-corrected chi connectivity index (χ2v) is 6.49. The molecule has 2 aromatic rings. The summed E-state index contributed by atoms with van der Waals surface area (Å²) in [5.74, 6) is -2.85. The van der Waals surface area contributed by atoms with Gasteiger partial charge >= 0.3 is 0 Å². The van der Waals surface area contributed by atoms with Crippen LogP contribution in [-0.4, -0.2) is 42.5 Å². The first kappa shape index (κ1) is 23.9. The molecule has 0 spiro atoms. The summed E-state index contributed by atoms with van der Waals surface area (Å²) < 4.78 is 52.5. The van der Waals surface area contributed by atoms with E-state index in [1.165, 1.54) is 25.6 Å². The lowest BCUT2D eigenvalue weighted by atomic mass is 10.2. The van der Waals surface area contributed by atoms with E-state index in [1.807, 2.05) is 13.8 Å². The Morgan fingerprint density at radius 3 is 2.71 bits per heavy atom. The molecule has 0 unspecified atom stereocenters. The number of nitrogens with two attached hydrogens (primary N) is 1. The Morgan fingerprint density at radius 2 is 2.03 bits per heavy atom. The molecular formula is C20H25F3N6O2. The van der Waals surface area contributed by atoms with E-state index in [4.69, 9.17) is 15.2 Å². The Hall–Kier alpha value is -3.34. The van der Waals surface area contributed by atoms with Crippen molar-refractivity contribution >= 4 is 18.0 Å². The number of halogens is 3. The van der Waals surface area contributed by atoms with Crippen LogP contribution in [0.5, 0.6) is 5.75 Å². The molecule has 1 heterocycles. The fourth-order valence-electron chi connectivity index (χ4n) is 2.37. The number of nitrogens with zero attached hydrogens (tertiary/aromatic N) is 3. The van der Waals surface area contributed by atoms with Gasteiger partial charge in [0.2, 0.25) is 5.95 Å². The number of aliphatic imine (C=N–C) groups is 1. The molecule has 0 saturated heterocycles. The summed E-state index contributed by atoms with van der Waals surface area (Å²) in [4.78, 5) is 12.0. The van der Waals surface area contributed by atoms with E-state index >= 15 is 0 Å². The number of anilines is 2. The van der Waals surface area contributed by atoms with Gasteiger partial charge in [-0.15, -0.1) is 0 Å². The molecule has 1 aromatic carbocycles. The van der Waals surface area contributed by atoms with Gasteiger partial charge in [0.15, 0.2) is 23.2 Å². The number of hydrogen-bond acceptors (Lipinski definition) is 8. The summed E-state index contributed by atoms with van der Waals surface area (Å²) >= 11 is 0. The Kier molecular flexibility index (Phi) is 9.07. The SMILES string of the molecule is COc1ccc(F)c(CNc2nc(NC(C=NCCOC(C)C)=CN)ncc2F)c1F. The lowest BCUT2D eigenvalue weighted by Crippen LogP contribution is -2.12. The first-order chi connectivity index (χ1) is 14.8. The minimum absolute atomic E-state index is 0.0112. The molecule has 31 heavy (non-hydrogen) atoms. The summed E-state index contributed by atoms with van der Waals surface area (Å²) in [5.41, 5.74) is 5.61. The van der Waals surface area contributed by atoms with E-state index in [1.54, 1.807) is 0 Å². The fourth-order valence-corrected chi connectivity index (χ4v) is 2.37. The highest BCUT2D eigenvalue weighted by Crippen LogP contribution is 2.24. The predicted octanol–water partition coefficient (Wildman–Crippen LogP) is 3.22. The summed E-state index contributed by atoms with van der Waals surface area (Å²) in [7, 11) is 1.26. The Morgan fingerprint density at radius 1 is 1.26 bits per heavy atom. The number of nitrogens with one attached hydrogen (secondary N) is 2. The zero-order chi connectivity index (χ0) is 22.8. The highest BCUT2D eigenvalue weighted by atomic mass is 19.1. The lowest BCUT2D eigenvalue weighted by molar-refractivity contribution is 0.0854. The molecule has 0 amide bonds. The van der Waals surface area contributed by atoms with Crippen molar-refractivity contribution in [3.8, 4) is 5.75 Å². The van der Waals surface area contributed by atoms with Gasteiger partial charge in [0.25, 0.3) is 0 Å². The van der Waals surface area contributed by atoms with E-state index in [0.29, 0.717) is 18.8 Å². The molecular weight excluding hydrogens is 413 g/mol. The van der Waals surface area contributed by atoms with Gasteiger partial charge in [-0.3, -0.25) is 4.99 Å². The molecule has 0 atom stereocenters. The van der Waals surface area contributed by atoms with Crippen LogP contribution < -0.4 is 21.1 Å². The molecule has 168 valence electrons. The van der Waals surface area contributed by atoms with Gasteiger partial charge in [-0.1, -0.05) is 0 Å². The number of benzene rings is 1. The molecule has 11 heteroatoms. The average molecular weight is 438 g/mol. The van der Waals surface area contributed by atoms with Gasteiger partial charge in [-0.05, 0) is 26.0 Å². The van der Waals surface area contributed by atoms with Crippen molar-refractivity contribution in [2.45, 2.75) is 26.5 Å². The minimum Gasteiger partial charge on any atom is -0.494 e. The normalized spacial score (nSPS) is 11.9. The number of hydrogen-bond donors (Lipinski definition) is 3. The molecule has 8 nitrogen and oxygen atoms in total. The number of aromatic nitrogens is 2. The van der Waals surface area contributed by atoms with Crippen molar-refractivity contribution in [3.63, 3.8) is 0 Å². The second-order valence-electron chi connectivity index (χ2n) is 6.49. The molecule has 4 N–H and O–H groups in total. The van der Waals surface area contributed by atoms with Gasteiger partial charge in [0.1, 0.15) is 5.82 Å². The van der Waals surface area contributed by atoms with Crippen molar-refractivity contribution in [1.82, 2.24) is 9.97 Å². The molecule has 1 aromatic heterocycles. The second kappa shape index (κ2) is 11.7. The van der Waals surface area contributed by atoms with Crippen LogP contribution in [0.4, 0.5) is 24.9 Å². The molecule has 0 radical (unpaired) electrons. The maximum atomic E-state index is 14.3. The molecule has 0 aliphatic rings. The van der Waals surface area contributed by atoms with Crippen LogP contribution in [0.3, 0.4) is 0 Å². The summed E-state index contributed by atoms with van der Waals surface area (Å²) in [6.45, 7) is 4.35. The standard InChI is InChI=1S/C20H25F3N6O2/c1-12(2)31-7-6-25-9-13(8-24)28-20-27-11-16(22)19(29-20)26-10-14-15(21)4-5-17(30-3)18(14)23/h4-5,8-9,11-12H,6-7,10,24H2,1-3H3,(H2,26,27,28,29). The Labute approximate surface area is 178 Å². The van der Waals surface area contributed by atoms with E-state index < -0.39 is 17.5 Å². The van der Waals surface area contributed by atoms with Gasteiger partial charge < -0.3 is 25.8 Å². The monoisotopic (exact) mass is 438 g/mol. The number of rotatable bonds is 11. The summed E-state index contributed by atoms with van der Waals surface area (Å²) in [6.07, 6.45) is 3.73. The minimum atomic E-state index is -0.881. The Bertz CT molecular complexity index is 937. The number of ether oxygens (including phenoxy) is 2. The third kappa shape index (κ3) is 7.14. The van der Waals surface area contributed by atoms with Crippen molar-refractivity contribution in [1.29, 1.82) is 0 Å². The quantitative estimate of drug-likeness (QED) is 0.365. The van der Waals surface area contributed by atoms with Crippen LogP contribution in [0.1, 0.15) is 19.4 Å². The van der Waals surface area contributed by atoms with Crippen LogP contribution in [0.15, 0.2) is 35.2 Å². The number of methoxy groups -OCH3 is 1. The summed E-state index contributed by atoms with van der Waals surface area (Å²) in [5, 5.41) is 5.35. The molecule has 2 rings (SSSR count). The van der Waals surface area contributed by atoms with Crippen molar-refractivity contribution < 1.29 is 22.6 Å². The van der Waals surface area contributed by atoms with E-state index in [2.05, 4.69) is 25.6 Å². The smallest absolute Gasteiger partial charge is 0.229 e. The zero-order valence-electron chi connectivity index (χ0n) is 17.5. The fraction of sp³-hybridized carbons (Fsp3) is 0.350. The molecule has 0 fully saturated rings. The van der Waals surface area contributed by atoms with Gasteiger partial charge in [0, 0.05) is 24.5 Å². The summed E-state index contributed by atoms with van der Waals surface area (Å²) in [6, 6.07) is 2.23. The third-order valence-corrected chi connectivity index (χ3v) is 3.88. The van der Waals surface area contributed by atoms with Crippen molar-refractivity contribution in [3.05, 3.63) is 53.2 Å². The predicted molar refractivity (Wildman–Crippen MR) is 113 cm³/mol. The largest absolute Gasteiger partial charge is 0.494 e. The zero-order valence-corrected chi connectivity index (χ0v) is 17.5. The van der Waals surface area contributed by atoms with E-state index in [-0.39, 0.29) is 35.7 Å². The van der Waals surface area contributed by atoms with Gasteiger partial charge in [-0.25, -0.2) is 18.2 Å². The van der Waals surface area contributed by atoms with Gasteiger partial charge in [0.05, 0.1) is 38.3 Å². The average Bonchev–Trinajstić information content (AvgIpc) is 2.74. The topological polar surface area (TPSA) is 107 Å². The highest BCUT2D eigenvalue weighted by Gasteiger charge is 2.15. The van der Waals surface area contributed by atoms with E-state index in [0.717, 1.165) is 12.3 Å². The van der Waals surface area contributed by atoms with Crippen LogP contribution in [0.25, 0.3) is 0 Å². The first-order valence-corrected chi connectivity index (χ1v) is 9.43. The van der Waals surface area contributed by atoms with Crippen LogP contribution in [0, 0.1) is 17.5 Å².